The summed E-state index contributed by atoms with van der Waals surface area (Å²) in [5.41, 5.74) is 6.00. The molecule has 4 nitrogen and oxygen atoms in total. The van der Waals surface area contributed by atoms with Gasteiger partial charge < -0.3 is 15.8 Å². The Morgan fingerprint density at radius 1 is 1.16 bits per heavy atom. The second-order valence-electron chi connectivity index (χ2n) is 5.58. The van der Waals surface area contributed by atoms with E-state index in [-0.39, 0.29) is 18.3 Å². The normalized spacial score (nSPS) is 12.5. The fourth-order valence-electron chi connectivity index (χ4n) is 2.18. The van der Waals surface area contributed by atoms with Gasteiger partial charge in [0.15, 0.2) is 0 Å². The summed E-state index contributed by atoms with van der Waals surface area (Å²) in [4.78, 5) is 12.1. The Morgan fingerprint density at radius 3 is 2.40 bits per heavy atom. The summed E-state index contributed by atoms with van der Waals surface area (Å²) in [5.74, 6) is -0.591. The van der Waals surface area contributed by atoms with Gasteiger partial charge in [0.1, 0.15) is 12.4 Å². The smallest absolute Gasteiger partial charge is 0.419 e. The van der Waals surface area contributed by atoms with E-state index in [1.165, 1.54) is 18.2 Å². The van der Waals surface area contributed by atoms with E-state index in [4.69, 9.17) is 10.5 Å². The third-order valence-electron chi connectivity index (χ3n) is 3.51. The topological polar surface area (TPSA) is 64.3 Å². The lowest BCUT2D eigenvalue weighted by Crippen LogP contribution is -2.37. The van der Waals surface area contributed by atoms with E-state index >= 15 is 0 Å². The predicted molar refractivity (Wildman–Crippen MR) is 88.2 cm³/mol. The van der Waals surface area contributed by atoms with E-state index in [0.29, 0.717) is 12.1 Å². The molecule has 0 fully saturated rings. The van der Waals surface area contributed by atoms with Crippen LogP contribution in [0.3, 0.4) is 0 Å². The van der Waals surface area contributed by atoms with Crippen molar-refractivity contribution >= 4 is 5.91 Å². The molecule has 3 N–H and O–H groups in total. The molecule has 2 rings (SSSR count). The SMILES string of the molecule is CC(COc1ccccc1C(F)(F)F)NC(=O)c1ccc(CN)cc1. The molecule has 1 unspecified atom stereocenters. The highest BCUT2D eigenvalue weighted by atomic mass is 19.4. The van der Waals surface area contributed by atoms with Crippen molar-refractivity contribution < 1.29 is 22.7 Å². The van der Waals surface area contributed by atoms with Gasteiger partial charge in [0, 0.05) is 12.1 Å². The second-order valence-corrected chi connectivity index (χ2v) is 5.58. The summed E-state index contributed by atoms with van der Waals surface area (Å²) in [6.45, 7) is 1.95. The van der Waals surface area contributed by atoms with Crippen LogP contribution in [-0.4, -0.2) is 18.6 Å². The predicted octanol–water partition coefficient (Wildman–Crippen LogP) is 3.36. The van der Waals surface area contributed by atoms with Crippen LogP contribution in [0, 0.1) is 0 Å². The van der Waals surface area contributed by atoms with Crippen LogP contribution in [0.15, 0.2) is 48.5 Å². The van der Waals surface area contributed by atoms with E-state index in [0.717, 1.165) is 11.6 Å². The molecule has 0 aromatic heterocycles. The number of halogens is 3. The number of nitrogens with one attached hydrogen (secondary N) is 1. The third kappa shape index (κ3) is 5.22. The summed E-state index contributed by atoms with van der Waals surface area (Å²) < 4.78 is 44.0. The number of para-hydroxylation sites is 1. The van der Waals surface area contributed by atoms with Crippen LogP contribution < -0.4 is 15.8 Å². The molecule has 1 atom stereocenters. The van der Waals surface area contributed by atoms with Gasteiger partial charge >= 0.3 is 6.18 Å². The molecular formula is C18H19F3N2O2. The highest BCUT2D eigenvalue weighted by Gasteiger charge is 2.34. The molecule has 0 bridgehead atoms. The van der Waals surface area contributed by atoms with Crippen LogP contribution in [-0.2, 0) is 12.7 Å². The van der Waals surface area contributed by atoms with E-state index in [1.807, 2.05) is 0 Å². The van der Waals surface area contributed by atoms with Gasteiger partial charge in [0.25, 0.3) is 5.91 Å². The number of rotatable bonds is 6. The van der Waals surface area contributed by atoms with Gasteiger partial charge in [-0.2, -0.15) is 13.2 Å². The summed E-state index contributed by atoms with van der Waals surface area (Å²) >= 11 is 0. The quantitative estimate of drug-likeness (QED) is 0.838. The number of ether oxygens (including phenoxy) is 1. The van der Waals surface area contributed by atoms with Crippen molar-refractivity contribution in [2.75, 3.05) is 6.61 Å². The Bertz CT molecular complexity index is 715. The average molecular weight is 352 g/mol. The number of carbonyl (C=O) groups excluding carboxylic acids is 1. The highest BCUT2D eigenvalue weighted by Crippen LogP contribution is 2.35. The molecule has 1 amide bonds. The molecule has 0 radical (unpaired) electrons. The van der Waals surface area contributed by atoms with Crippen molar-refractivity contribution in [1.82, 2.24) is 5.32 Å². The highest BCUT2D eigenvalue weighted by molar-refractivity contribution is 5.94. The fourth-order valence-corrected chi connectivity index (χ4v) is 2.18. The van der Waals surface area contributed by atoms with Gasteiger partial charge in [0.2, 0.25) is 0 Å². The maximum atomic E-state index is 12.9. The lowest BCUT2D eigenvalue weighted by molar-refractivity contribution is -0.139. The van der Waals surface area contributed by atoms with E-state index in [2.05, 4.69) is 5.32 Å². The number of hydrogen-bond acceptors (Lipinski definition) is 3. The Balaban J connectivity index is 1.94. The van der Waals surface area contributed by atoms with Crippen LogP contribution in [0.2, 0.25) is 0 Å². The molecule has 7 heteroatoms. The third-order valence-corrected chi connectivity index (χ3v) is 3.51. The standard InChI is InChI=1S/C18H19F3N2O2/c1-12(23-17(24)14-8-6-13(10-22)7-9-14)11-25-16-5-3-2-4-15(16)18(19,20)21/h2-9,12H,10-11,22H2,1H3,(H,23,24). The zero-order valence-electron chi connectivity index (χ0n) is 13.6. The molecule has 0 spiro atoms. The van der Waals surface area contributed by atoms with E-state index in [1.54, 1.807) is 31.2 Å². The molecule has 2 aromatic carbocycles. The Morgan fingerprint density at radius 2 is 1.80 bits per heavy atom. The van der Waals surface area contributed by atoms with Crippen molar-refractivity contribution in [1.29, 1.82) is 0 Å². The van der Waals surface area contributed by atoms with Gasteiger partial charge in [-0.3, -0.25) is 4.79 Å². The summed E-state index contributed by atoms with van der Waals surface area (Å²) in [6, 6.07) is 11.3. The first-order valence-electron chi connectivity index (χ1n) is 7.70. The van der Waals surface area contributed by atoms with Crippen LogP contribution in [0.4, 0.5) is 13.2 Å². The lowest BCUT2D eigenvalue weighted by atomic mass is 10.1. The first-order valence-corrected chi connectivity index (χ1v) is 7.70. The van der Waals surface area contributed by atoms with Crippen molar-refractivity contribution in [2.45, 2.75) is 25.7 Å². The number of benzene rings is 2. The number of hydrogen-bond donors (Lipinski definition) is 2. The summed E-state index contributed by atoms with van der Waals surface area (Å²) in [5, 5.41) is 2.69. The monoisotopic (exact) mass is 352 g/mol. The number of carbonyl (C=O) groups is 1. The number of nitrogens with two attached hydrogens (primary N) is 1. The zero-order chi connectivity index (χ0) is 18.4. The Hall–Kier alpha value is -2.54. The zero-order valence-corrected chi connectivity index (χ0v) is 13.6. The summed E-state index contributed by atoms with van der Waals surface area (Å²) in [7, 11) is 0. The molecule has 134 valence electrons. The summed E-state index contributed by atoms with van der Waals surface area (Å²) in [6.07, 6.45) is -4.49. The molecule has 0 saturated carbocycles. The van der Waals surface area contributed by atoms with Gasteiger partial charge in [-0.05, 0) is 36.8 Å². The second kappa shape index (κ2) is 8.02. The van der Waals surface area contributed by atoms with Crippen molar-refractivity contribution in [2.24, 2.45) is 5.73 Å². The van der Waals surface area contributed by atoms with Crippen molar-refractivity contribution in [3.63, 3.8) is 0 Å². The number of amides is 1. The minimum atomic E-state index is -4.49. The molecule has 25 heavy (non-hydrogen) atoms. The molecule has 0 aliphatic heterocycles. The van der Waals surface area contributed by atoms with Gasteiger partial charge in [-0.25, -0.2) is 0 Å². The molecule has 0 aliphatic carbocycles. The number of alkyl halides is 3. The van der Waals surface area contributed by atoms with Crippen LogP contribution in [0.5, 0.6) is 5.75 Å². The molecule has 0 saturated heterocycles. The van der Waals surface area contributed by atoms with E-state index < -0.39 is 17.8 Å². The Kier molecular flexibility index (Phi) is 6.03. The molecule has 2 aromatic rings. The van der Waals surface area contributed by atoms with Crippen LogP contribution in [0.25, 0.3) is 0 Å². The van der Waals surface area contributed by atoms with Crippen molar-refractivity contribution in [3.8, 4) is 5.75 Å². The van der Waals surface area contributed by atoms with Gasteiger partial charge in [-0.1, -0.05) is 24.3 Å². The average Bonchev–Trinajstić information content (AvgIpc) is 2.59. The van der Waals surface area contributed by atoms with E-state index in [9.17, 15) is 18.0 Å². The first kappa shape index (κ1) is 18.8. The molecular weight excluding hydrogens is 333 g/mol. The first-order chi connectivity index (χ1) is 11.8. The van der Waals surface area contributed by atoms with Crippen molar-refractivity contribution in [3.05, 3.63) is 65.2 Å². The fraction of sp³-hybridized carbons (Fsp3) is 0.278. The largest absolute Gasteiger partial charge is 0.491 e. The molecule has 0 aliphatic rings. The molecule has 0 heterocycles. The van der Waals surface area contributed by atoms with Gasteiger partial charge in [0.05, 0.1) is 11.6 Å². The lowest BCUT2D eigenvalue weighted by Gasteiger charge is -2.18. The minimum absolute atomic E-state index is 0.0836. The minimum Gasteiger partial charge on any atom is -0.491 e. The van der Waals surface area contributed by atoms with Gasteiger partial charge in [-0.15, -0.1) is 0 Å². The maximum Gasteiger partial charge on any atom is 0.419 e. The maximum absolute atomic E-state index is 12.9. The Labute approximate surface area is 143 Å². The van der Waals surface area contributed by atoms with Crippen LogP contribution in [0.1, 0.15) is 28.4 Å². The van der Waals surface area contributed by atoms with Crippen LogP contribution >= 0.6 is 0 Å².